The summed E-state index contributed by atoms with van der Waals surface area (Å²) in [6.07, 6.45) is 4.18. The average Bonchev–Trinajstić information content (AvgIpc) is 3.13. The predicted octanol–water partition coefficient (Wildman–Crippen LogP) is 3.40. The van der Waals surface area contributed by atoms with Crippen molar-refractivity contribution in [3.63, 3.8) is 0 Å². The Morgan fingerprint density at radius 1 is 1.00 bits per heavy atom. The summed E-state index contributed by atoms with van der Waals surface area (Å²) in [5.41, 5.74) is 2.70. The molecular weight excluding hydrogens is 450 g/mol. The smallest absolute Gasteiger partial charge is 0.251 e. The van der Waals surface area contributed by atoms with E-state index >= 15 is 0 Å². The van der Waals surface area contributed by atoms with Crippen LogP contribution in [0.2, 0.25) is 0 Å². The number of amides is 1. The second kappa shape index (κ2) is 11.4. The first kappa shape index (κ1) is 24.9. The molecule has 2 aromatic rings. The van der Waals surface area contributed by atoms with Crippen molar-refractivity contribution in [2.24, 2.45) is 0 Å². The molecule has 0 aromatic heterocycles. The van der Waals surface area contributed by atoms with E-state index in [-0.39, 0.29) is 16.9 Å². The Bertz CT molecular complexity index is 1060. The van der Waals surface area contributed by atoms with Crippen molar-refractivity contribution in [1.29, 1.82) is 0 Å². The average molecular weight is 486 g/mol. The van der Waals surface area contributed by atoms with Crippen LogP contribution in [-0.4, -0.2) is 62.4 Å². The zero-order valence-electron chi connectivity index (χ0n) is 19.9. The Labute approximate surface area is 203 Å². The van der Waals surface area contributed by atoms with Crippen LogP contribution in [0.1, 0.15) is 54.1 Å². The van der Waals surface area contributed by atoms with Crippen molar-refractivity contribution < 1.29 is 17.9 Å². The van der Waals surface area contributed by atoms with Crippen molar-refractivity contribution in [3.8, 4) is 0 Å². The first-order chi connectivity index (χ1) is 16.4. The second-order valence-corrected chi connectivity index (χ2v) is 11.2. The highest BCUT2D eigenvalue weighted by Crippen LogP contribution is 2.21. The summed E-state index contributed by atoms with van der Waals surface area (Å²) in [5, 5.41) is 2.95. The minimum Gasteiger partial charge on any atom is -0.376 e. The van der Waals surface area contributed by atoms with Crippen LogP contribution >= 0.6 is 0 Å². The van der Waals surface area contributed by atoms with Gasteiger partial charge in [0.1, 0.15) is 0 Å². The first-order valence-electron chi connectivity index (χ1n) is 12.2. The van der Waals surface area contributed by atoms with Gasteiger partial charge < -0.3 is 10.1 Å². The van der Waals surface area contributed by atoms with Crippen LogP contribution in [0.25, 0.3) is 0 Å². The molecule has 2 saturated heterocycles. The van der Waals surface area contributed by atoms with Gasteiger partial charge >= 0.3 is 0 Å². The molecule has 2 fully saturated rings. The lowest BCUT2D eigenvalue weighted by Gasteiger charge is -2.31. The van der Waals surface area contributed by atoms with Gasteiger partial charge in [-0.05, 0) is 55.2 Å². The molecule has 0 spiro atoms. The number of benzene rings is 2. The SMILES string of the molecule is CC1CN(Cc2cccc(CNC(=O)c3ccc(S(=O)(=O)N4CCCCCC4)cc3)c2)CCO1. The van der Waals surface area contributed by atoms with Gasteiger partial charge in [-0.15, -0.1) is 0 Å². The molecule has 2 aliphatic heterocycles. The Hall–Kier alpha value is -2.26. The number of ether oxygens (including phenoxy) is 1. The van der Waals surface area contributed by atoms with E-state index in [0.29, 0.717) is 25.2 Å². The van der Waals surface area contributed by atoms with Crippen LogP contribution in [-0.2, 0) is 27.8 Å². The van der Waals surface area contributed by atoms with Crippen LogP contribution in [0.3, 0.4) is 0 Å². The Kier molecular flexibility index (Phi) is 8.37. The van der Waals surface area contributed by atoms with Gasteiger partial charge in [0, 0.05) is 44.8 Å². The number of morpholine rings is 1. The molecule has 1 unspecified atom stereocenters. The van der Waals surface area contributed by atoms with E-state index in [1.807, 2.05) is 12.1 Å². The number of carbonyl (C=O) groups excluding carboxylic acids is 1. The van der Waals surface area contributed by atoms with Gasteiger partial charge in [0.15, 0.2) is 0 Å². The normalized spacial score (nSPS) is 20.6. The third-order valence-electron chi connectivity index (χ3n) is 6.50. The zero-order chi connectivity index (χ0) is 24.0. The van der Waals surface area contributed by atoms with Gasteiger partial charge in [-0.1, -0.05) is 37.1 Å². The van der Waals surface area contributed by atoms with E-state index in [1.165, 1.54) is 5.56 Å². The largest absolute Gasteiger partial charge is 0.376 e. The number of rotatable bonds is 7. The van der Waals surface area contributed by atoms with Gasteiger partial charge in [0.05, 0.1) is 17.6 Å². The standard InChI is InChI=1S/C26H35N3O4S/c1-21-19-28(15-16-33-21)20-23-8-6-7-22(17-23)18-27-26(30)24-9-11-25(12-10-24)34(31,32)29-13-4-2-3-5-14-29/h6-12,17,21H,2-5,13-16,18-20H2,1H3,(H,27,30). The van der Waals surface area contributed by atoms with Crippen LogP contribution in [0, 0.1) is 0 Å². The highest BCUT2D eigenvalue weighted by molar-refractivity contribution is 7.89. The minimum absolute atomic E-state index is 0.217. The highest BCUT2D eigenvalue weighted by atomic mass is 32.2. The third-order valence-corrected chi connectivity index (χ3v) is 8.41. The first-order valence-corrected chi connectivity index (χ1v) is 13.7. The van der Waals surface area contributed by atoms with E-state index < -0.39 is 10.0 Å². The maximum Gasteiger partial charge on any atom is 0.251 e. The fourth-order valence-corrected chi connectivity index (χ4v) is 6.14. The predicted molar refractivity (Wildman–Crippen MR) is 132 cm³/mol. The zero-order valence-corrected chi connectivity index (χ0v) is 20.7. The number of carbonyl (C=O) groups is 1. The maximum absolute atomic E-state index is 12.9. The van der Waals surface area contributed by atoms with E-state index in [4.69, 9.17) is 4.74 Å². The molecule has 2 heterocycles. The summed E-state index contributed by atoms with van der Waals surface area (Å²) in [5.74, 6) is -0.217. The Balaban J connectivity index is 1.33. The molecule has 184 valence electrons. The van der Waals surface area contributed by atoms with Gasteiger partial charge in [0.2, 0.25) is 10.0 Å². The van der Waals surface area contributed by atoms with Crippen molar-refractivity contribution in [1.82, 2.24) is 14.5 Å². The van der Waals surface area contributed by atoms with E-state index in [2.05, 4.69) is 29.3 Å². The van der Waals surface area contributed by atoms with Gasteiger partial charge in [-0.25, -0.2) is 8.42 Å². The number of hydrogen-bond acceptors (Lipinski definition) is 5. The monoisotopic (exact) mass is 485 g/mol. The van der Waals surface area contributed by atoms with Crippen molar-refractivity contribution in [3.05, 3.63) is 65.2 Å². The molecular formula is C26H35N3O4S. The fourth-order valence-electron chi connectivity index (χ4n) is 4.62. The lowest BCUT2D eigenvalue weighted by Crippen LogP contribution is -2.40. The molecule has 0 aliphatic carbocycles. The van der Waals surface area contributed by atoms with Gasteiger partial charge in [0.25, 0.3) is 5.91 Å². The Morgan fingerprint density at radius 2 is 1.71 bits per heavy atom. The molecule has 1 atom stereocenters. The van der Waals surface area contributed by atoms with E-state index in [1.54, 1.807) is 28.6 Å². The van der Waals surface area contributed by atoms with E-state index in [0.717, 1.165) is 57.5 Å². The van der Waals surface area contributed by atoms with Crippen LogP contribution in [0.4, 0.5) is 0 Å². The molecule has 34 heavy (non-hydrogen) atoms. The molecule has 1 N–H and O–H groups in total. The molecule has 2 aliphatic rings. The lowest BCUT2D eigenvalue weighted by molar-refractivity contribution is -0.0212. The molecule has 2 aromatic carbocycles. The van der Waals surface area contributed by atoms with E-state index in [9.17, 15) is 13.2 Å². The molecule has 1 amide bonds. The van der Waals surface area contributed by atoms with Crippen molar-refractivity contribution in [2.75, 3.05) is 32.8 Å². The molecule has 0 bridgehead atoms. The molecule has 0 radical (unpaired) electrons. The van der Waals surface area contributed by atoms with Gasteiger partial charge in [-0.3, -0.25) is 9.69 Å². The quantitative estimate of drug-likeness (QED) is 0.650. The summed E-state index contributed by atoms with van der Waals surface area (Å²) in [7, 11) is -3.51. The summed E-state index contributed by atoms with van der Waals surface area (Å²) in [6, 6.07) is 14.5. The van der Waals surface area contributed by atoms with Crippen LogP contribution in [0.5, 0.6) is 0 Å². The fraction of sp³-hybridized carbons (Fsp3) is 0.500. The second-order valence-electron chi connectivity index (χ2n) is 9.26. The lowest BCUT2D eigenvalue weighted by atomic mass is 10.1. The third kappa shape index (κ3) is 6.44. The van der Waals surface area contributed by atoms with Crippen molar-refractivity contribution >= 4 is 15.9 Å². The van der Waals surface area contributed by atoms with Gasteiger partial charge in [-0.2, -0.15) is 4.31 Å². The maximum atomic E-state index is 12.9. The highest BCUT2D eigenvalue weighted by Gasteiger charge is 2.25. The molecule has 4 rings (SSSR count). The molecule has 0 saturated carbocycles. The summed E-state index contributed by atoms with van der Waals surface area (Å²) >= 11 is 0. The summed E-state index contributed by atoms with van der Waals surface area (Å²) in [4.78, 5) is 15.3. The number of hydrogen-bond donors (Lipinski definition) is 1. The van der Waals surface area contributed by atoms with Crippen LogP contribution in [0.15, 0.2) is 53.4 Å². The summed E-state index contributed by atoms with van der Waals surface area (Å²) < 4.78 is 33.1. The molecule has 8 heteroatoms. The topological polar surface area (TPSA) is 79.0 Å². The number of nitrogens with one attached hydrogen (secondary N) is 1. The summed E-state index contributed by atoms with van der Waals surface area (Å²) in [6.45, 7) is 7.11. The minimum atomic E-state index is -3.51. The molecule has 7 nitrogen and oxygen atoms in total. The van der Waals surface area contributed by atoms with Crippen molar-refractivity contribution in [2.45, 2.75) is 56.7 Å². The Morgan fingerprint density at radius 3 is 2.41 bits per heavy atom. The number of sulfonamides is 1. The van der Waals surface area contributed by atoms with Crippen LogP contribution < -0.4 is 5.32 Å². The number of nitrogens with zero attached hydrogens (tertiary/aromatic N) is 2.